The number of amides is 2. The Labute approximate surface area is 177 Å². The first-order valence-corrected chi connectivity index (χ1v) is 10.9. The molecule has 1 N–H and O–H groups in total. The Morgan fingerprint density at radius 2 is 1.97 bits per heavy atom. The number of piperidine rings is 2. The van der Waals surface area contributed by atoms with Crippen molar-refractivity contribution >= 4 is 28.9 Å². The van der Waals surface area contributed by atoms with Gasteiger partial charge in [-0.1, -0.05) is 12.1 Å². The lowest BCUT2D eigenvalue weighted by Crippen LogP contribution is -2.51. The van der Waals surface area contributed by atoms with E-state index in [1.165, 1.54) is 0 Å². The number of nitrogens with zero attached hydrogens (tertiary/aromatic N) is 4. The van der Waals surface area contributed by atoms with Crippen molar-refractivity contribution in [3.05, 3.63) is 24.3 Å². The van der Waals surface area contributed by atoms with Gasteiger partial charge in [-0.05, 0) is 44.4 Å². The Kier molecular flexibility index (Phi) is 6.22. The van der Waals surface area contributed by atoms with Gasteiger partial charge in [-0.2, -0.15) is 4.98 Å². The molecule has 2 amide bonds. The van der Waals surface area contributed by atoms with Crippen LogP contribution in [-0.2, 0) is 9.59 Å². The molecule has 2 aromatic rings. The number of hydrogen-bond donors (Lipinski definition) is 1. The van der Waals surface area contributed by atoms with Crippen LogP contribution in [0.4, 0.5) is 6.01 Å². The van der Waals surface area contributed by atoms with Crippen LogP contribution in [0, 0.1) is 5.92 Å². The maximum Gasteiger partial charge on any atom is 0.298 e. The Balaban J connectivity index is 1.32. The lowest BCUT2D eigenvalue weighted by atomic mass is 9.93. The van der Waals surface area contributed by atoms with Crippen molar-refractivity contribution in [1.29, 1.82) is 0 Å². The molecule has 3 heterocycles. The summed E-state index contributed by atoms with van der Waals surface area (Å²) < 4.78 is 5.92. The van der Waals surface area contributed by atoms with Crippen LogP contribution in [0.15, 0.2) is 28.7 Å². The molecule has 1 atom stereocenters. The molecule has 1 unspecified atom stereocenters. The number of likely N-dealkylation sites (N-methyl/N-ethyl adjacent to an activating group) is 2. The molecule has 2 fully saturated rings. The van der Waals surface area contributed by atoms with E-state index in [4.69, 9.17) is 4.42 Å². The van der Waals surface area contributed by atoms with Crippen LogP contribution in [0.1, 0.15) is 25.7 Å². The summed E-state index contributed by atoms with van der Waals surface area (Å²) >= 11 is 0. The number of carbonyl (C=O) groups excluding carboxylic acids is 2. The number of nitrogens with one attached hydrogen (secondary N) is 1. The van der Waals surface area contributed by atoms with Gasteiger partial charge in [0.15, 0.2) is 5.58 Å². The van der Waals surface area contributed by atoms with Crippen molar-refractivity contribution in [2.24, 2.45) is 5.92 Å². The maximum absolute atomic E-state index is 12.8. The number of rotatable bonds is 5. The molecule has 1 aromatic heterocycles. The van der Waals surface area contributed by atoms with E-state index in [2.05, 4.69) is 20.1 Å². The smallest absolute Gasteiger partial charge is 0.298 e. The summed E-state index contributed by atoms with van der Waals surface area (Å²) in [7, 11) is 3.31. The van der Waals surface area contributed by atoms with Crippen LogP contribution in [0.2, 0.25) is 0 Å². The van der Waals surface area contributed by atoms with Gasteiger partial charge in [0.2, 0.25) is 11.8 Å². The number of fused-ring (bicyclic) bond motifs is 1. The van der Waals surface area contributed by atoms with E-state index in [1.54, 1.807) is 19.0 Å². The lowest BCUT2D eigenvalue weighted by molar-refractivity contribution is -0.139. The molecule has 0 aliphatic carbocycles. The van der Waals surface area contributed by atoms with Crippen LogP contribution in [0.5, 0.6) is 0 Å². The van der Waals surface area contributed by atoms with Crippen molar-refractivity contribution in [3.8, 4) is 0 Å². The average Bonchev–Trinajstić information content (AvgIpc) is 3.23. The van der Waals surface area contributed by atoms with Crippen LogP contribution >= 0.6 is 0 Å². The van der Waals surface area contributed by atoms with Crippen LogP contribution < -0.4 is 10.2 Å². The molecular weight excluding hydrogens is 382 g/mol. The number of carbonyl (C=O) groups is 2. The van der Waals surface area contributed by atoms with Gasteiger partial charge in [0.05, 0.1) is 12.5 Å². The van der Waals surface area contributed by atoms with Crippen molar-refractivity contribution in [3.63, 3.8) is 0 Å². The van der Waals surface area contributed by atoms with E-state index >= 15 is 0 Å². The number of aromatic nitrogens is 1. The zero-order chi connectivity index (χ0) is 21.1. The zero-order valence-corrected chi connectivity index (χ0v) is 17.8. The molecule has 0 spiro atoms. The summed E-state index contributed by atoms with van der Waals surface area (Å²) in [6.45, 7) is 3.75. The molecular formula is C22H31N5O3. The number of benzene rings is 1. The highest BCUT2D eigenvalue weighted by Crippen LogP contribution is 2.28. The van der Waals surface area contributed by atoms with E-state index in [0.29, 0.717) is 12.1 Å². The van der Waals surface area contributed by atoms with Crippen molar-refractivity contribution in [2.75, 3.05) is 51.7 Å². The van der Waals surface area contributed by atoms with E-state index in [-0.39, 0.29) is 24.3 Å². The maximum atomic E-state index is 12.8. The van der Waals surface area contributed by atoms with Gasteiger partial charge < -0.3 is 19.5 Å². The normalized spacial score (nSPS) is 21.0. The molecule has 2 saturated heterocycles. The van der Waals surface area contributed by atoms with Gasteiger partial charge in [-0.25, -0.2) is 0 Å². The van der Waals surface area contributed by atoms with Crippen LogP contribution in [-0.4, -0.2) is 79.5 Å². The second-order valence-corrected chi connectivity index (χ2v) is 8.38. The number of likely N-dealkylation sites (tertiary alicyclic amines) is 1. The fourth-order valence-electron chi connectivity index (χ4n) is 4.64. The molecule has 2 aliphatic heterocycles. The zero-order valence-electron chi connectivity index (χ0n) is 17.8. The van der Waals surface area contributed by atoms with Crippen LogP contribution in [0.25, 0.3) is 11.1 Å². The quantitative estimate of drug-likeness (QED) is 0.804. The molecule has 0 bridgehead atoms. The number of anilines is 1. The van der Waals surface area contributed by atoms with Crippen LogP contribution in [0.3, 0.4) is 0 Å². The minimum absolute atomic E-state index is 0.0246. The standard InChI is InChI=1S/C22H31N5O3/c1-23-20(28)15-25(2)21(29)16-6-5-11-27(14-16)17-9-12-26(13-10-17)22-24-18-7-3-4-8-19(18)30-22/h3-4,7-8,16-17H,5-6,9-15H2,1-2H3,(H,23,28). The van der Waals surface area contributed by atoms with Gasteiger partial charge in [0.25, 0.3) is 6.01 Å². The highest BCUT2D eigenvalue weighted by atomic mass is 16.4. The lowest BCUT2D eigenvalue weighted by Gasteiger charge is -2.42. The third-order valence-corrected chi connectivity index (χ3v) is 6.37. The fourth-order valence-corrected chi connectivity index (χ4v) is 4.64. The summed E-state index contributed by atoms with van der Waals surface area (Å²) in [5, 5.41) is 2.58. The molecule has 162 valence electrons. The van der Waals surface area contributed by atoms with E-state index in [1.807, 2.05) is 24.3 Å². The molecule has 0 radical (unpaired) electrons. The average molecular weight is 414 g/mol. The monoisotopic (exact) mass is 413 g/mol. The fraction of sp³-hybridized carbons (Fsp3) is 0.591. The second kappa shape index (κ2) is 9.04. The molecule has 8 nitrogen and oxygen atoms in total. The molecule has 4 rings (SSSR count). The third kappa shape index (κ3) is 4.43. The summed E-state index contributed by atoms with van der Waals surface area (Å²) in [5.41, 5.74) is 1.72. The van der Waals surface area contributed by atoms with Crippen molar-refractivity contribution < 1.29 is 14.0 Å². The van der Waals surface area contributed by atoms with Crippen molar-refractivity contribution in [2.45, 2.75) is 31.7 Å². The topological polar surface area (TPSA) is 81.9 Å². The molecule has 2 aliphatic rings. The van der Waals surface area contributed by atoms with Gasteiger partial charge in [0.1, 0.15) is 5.52 Å². The number of oxazole rings is 1. The highest BCUT2D eigenvalue weighted by molar-refractivity contribution is 5.85. The largest absolute Gasteiger partial charge is 0.423 e. The molecule has 30 heavy (non-hydrogen) atoms. The summed E-state index contributed by atoms with van der Waals surface area (Å²) in [4.78, 5) is 35.3. The molecule has 8 heteroatoms. The second-order valence-electron chi connectivity index (χ2n) is 8.38. The first kappa shape index (κ1) is 20.7. The number of para-hydroxylation sites is 2. The van der Waals surface area contributed by atoms with Gasteiger partial charge in [-0.3, -0.25) is 14.5 Å². The Bertz CT molecular complexity index is 857. The van der Waals surface area contributed by atoms with E-state index in [9.17, 15) is 9.59 Å². The SMILES string of the molecule is CNC(=O)CN(C)C(=O)C1CCCN(C2CCN(c3nc4ccccc4o3)CC2)C1. The summed E-state index contributed by atoms with van der Waals surface area (Å²) in [6.07, 6.45) is 3.99. The van der Waals surface area contributed by atoms with Gasteiger partial charge >= 0.3 is 0 Å². The Morgan fingerprint density at radius 3 is 2.70 bits per heavy atom. The minimum Gasteiger partial charge on any atom is -0.423 e. The molecule has 1 aromatic carbocycles. The first-order valence-electron chi connectivity index (χ1n) is 10.9. The minimum atomic E-state index is -0.134. The predicted molar refractivity (Wildman–Crippen MR) is 115 cm³/mol. The van der Waals surface area contributed by atoms with Gasteiger partial charge in [0, 0.05) is 39.8 Å². The Hall–Kier alpha value is -2.61. The van der Waals surface area contributed by atoms with Crippen molar-refractivity contribution in [1.82, 2.24) is 20.1 Å². The van der Waals surface area contributed by atoms with E-state index in [0.717, 1.165) is 63.0 Å². The summed E-state index contributed by atoms with van der Waals surface area (Å²) in [6, 6.07) is 9.04. The number of hydrogen-bond acceptors (Lipinski definition) is 6. The highest BCUT2D eigenvalue weighted by Gasteiger charge is 2.33. The third-order valence-electron chi connectivity index (χ3n) is 6.37. The Morgan fingerprint density at radius 1 is 1.20 bits per heavy atom. The molecule has 0 saturated carbocycles. The predicted octanol–water partition coefficient (Wildman–Crippen LogP) is 1.71. The van der Waals surface area contributed by atoms with E-state index < -0.39 is 0 Å². The first-order chi connectivity index (χ1) is 14.5. The summed E-state index contributed by atoms with van der Waals surface area (Å²) in [5.74, 6) is -0.0826. The van der Waals surface area contributed by atoms with Gasteiger partial charge in [-0.15, -0.1) is 0 Å².